The maximum absolute atomic E-state index is 11.5. The molecule has 2 rings (SSSR count). The van der Waals surface area contributed by atoms with Crippen LogP contribution in [0.3, 0.4) is 0 Å². The Labute approximate surface area is 109 Å². The summed E-state index contributed by atoms with van der Waals surface area (Å²) in [6, 6.07) is -0.713. The van der Waals surface area contributed by atoms with Crippen LogP contribution in [0.2, 0.25) is 0 Å². The van der Waals surface area contributed by atoms with Crippen molar-refractivity contribution in [2.75, 3.05) is 13.2 Å². The van der Waals surface area contributed by atoms with Gasteiger partial charge in [0.05, 0.1) is 19.4 Å². The topological polar surface area (TPSA) is 92.9 Å². The maximum atomic E-state index is 11.5. The van der Waals surface area contributed by atoms with Crippen molar-refractivity contribution in [3.8, 4) is 0 Å². The third-order valence-electron chi connectivity index (χ3n) is 2.84. The Hall–Kier alpha value is -1.05. The van der Waals surface area contributed by atoms with Crippen molar-refractivity contribution in [2.24, 2.45) is 11.7 Å². The molecule has 3 radical (unpaired) electrons. The highest BCUT2D eigenvalue weighted by Crippen LogP contribution is 2.48. The number of carbonyl (C=O) groups excluding carboxylic acids is 2. The van der Waals surface area contributed by atoms with Crippen molar-refractivity contribution >= 4 is 23.6 Å². The minimum Gasteiger partial charge on any atom is -0.459 e. The number of thioether (sulfide) groups is 1. The number of esters is 1. The Morgan fingerprint density at radius 3 is 2.94 bits per heavy atom. The van der Waals surface area contributed by atoms with Gasteiger partial charge in [-0.15, -0.1) is 0 Å². The van der Waals surface area contributed by atoms with Crippen LogP contribution in [0, 0.1) is 12.8 Å². The summed E-state index contributed by atoms with van der Waals surface area (Å²) in [4.78, 5) is 24.6. The molecule has 6 nitrogen and oxygen atoms in total. The lowest BCUT2D eigenvalue weighted by Gasteiger charge is -2.41. The van der Waals surface area contributed by atoms with Gasteiger partial charge in [0.1, 0.15) is 18.0 Å². The Kier molecular flexibility index (Phi) is 3.65. The van der Waals surface area contributed by atoms with Gasteiger partial charge in [-0.2, -0.15) is 0 Å². The molecule has 0 saturated carbocycles. The number of carbonyl (C=O) groups is 2. The van der Waals surface area contributed by atoms with Crippen molar-refractivity contribution in [1.29, 1.82) is 0 Å². The Morgan fingerprint density at radius 1 is 1.72 bits per heavy atom. The Bertz CT molecular complexity index is 421. The number of rotatable bonds is 4. The Balaban J connectivity index is 1.97. The first-order valence-corrected chi connectivity index (χ1v) is 6.33. The maximum Gasteiger partial charge on any atom is 0.322 e. The molecule has 0 aliphatic carbocycles. The van der Waals surface area contributed by atoms with Crippen LogP contribution in [-0.4, -0.2) is 46.5 Å². The first kappa shape index (κ1) is 13.4. The molecule has 2 aliphatic heterocycles. The van der Waals surface area contributed by atoms with Crippen molar-refractivity contribution in [2.45, 2.75) is 18.3 Å². The number of β-lactam (4-membered cyclic amide) rings is 1. The minimum absolute atomic E-state index is 0.0529. The number of hydrogen-bond acceptors (Lipinski definition) is 6. The molecule has 3 N–H and O–H groups in total. The molecule has 1 fully saturated rings. The molecule has 0 bridgehead atoms. The zero-order valence-electron chi connectivity index (χ0n) is 9.75. The standard InChI is InChI=1S/C11H13N2O4S/c1-5(12)11(16)17-4-8-6(2)13-9(15)7(3-14)10(13)18-8/h5,7,10,14H,3-4,12H2,1H3/t5-,7-,10+/m0/s1. The molecule has 0 aromatic rings. The van der Waals surface area contributed by atoms with Gasteiger partial charge in [-0.3, -0.25) is 9.59 Å². The molecule has 0 aromatic carbocycles. The van der Waals surface area contributed by atoms with Gasteiger partial charge in [-0.25, -0.2) is 0 Å². The van der Waals surface area contributed by atoms with Crippen molar-refractivity contribution in [1.82, 2.24) is 4.90 Å². The molecule has 3 atom stereocenters. The highest BCUT2D eigenvalue weighted by atomic mass is 32.2. The second-order valence-electron chi connectivity index (χ2n) is 4.17. The third kappa shape index (κ3) is 2.02. The lowest BCUT2D eigenvalue weighted by atomic mass is 9.99. The van der Waals surface area contributed by atoms with Crippen LogP contribution in [0.1, 0.15) is 6.92 Å². The van der Waals surface area contributed by atoms with Crippen molar-refractivity contribution < 1.29 is 19.4 Å². The molecule has 2 heterocycles. The minimum atomic E-state index is -0.713. The summed E-state index contributed by atoms with van der Waals surface area (Å²) in [7, 11) is 0. The summed E-state index contributed by atoms with van der Waals surface area (Å²) in [5.41, 5.74) is 5.40. The summed E-state index contributed by atoms with van der Waals surface area (Å²) in [6.45, 7) is 9.01. The summed E-state index contributed by atoms with van der Waals surface area (Å²) in [5.74, 6) is -1.26. The molecule has 18 heavy (non-hydrogen) atoms. The SMILES string of the molecule is [C]C1=C(COC(=O)[C@H](C)N)S[C@@H]2[C@@H](CO)C(=O)N12. The number of aliphatic hydroxyl groups is 1. The number of nitrogens with two attached hydrogens (primary N) is 1. The van der Waals surface area contributed by atoms with E-state index in [-0.39, 0.29) is 30.2 Å². The van der Waals surface area contributed by atoms with Crippen LogP contribution in [0.15, 0.2) is 10.6 Å². The van der Waals surface area contributed by atoms with E-state index in [9.17, 15) is 9.59 Å². The van der Waals surface area contributed by atoms with E-state index >= 15 is 0 Å². The number of hydrogen-bond donors (Lipinski definition) is 2. The van der Waals surface area contributed by atoms with Crippen LogP contribution >= 0.6 is 11.8 Å². The van der Waals surface area contributed by atoms with Gasteiger partial charge in [-0.05, 0) is 6.92 Å². The fourth-order valence-corrected chi connectivity index (χ4v) is 3.08. The van der Waals surface area contributed by atoms with Gasteiger partial charge < -0.3 is 20.5 Å². The summed E-state index contributed by atoms with van der Waals surface area (Å²) in [6.07, 6.45) is 0. The quantitative estimate of drug-likeness (QED) is 0.513. The fourth-order valence-electron chi connectivity index (χ4n) is 1.77. The average Bonchev–Trinajstić information content (AvgIpc) is 2.59. The average molecular weight is 269 g/mol. The van der Waals surface area contributed by atoms with E-state index in [0.29, 0.717) is 4.91 Å². The lowest BCUT2D eigenvalue weighted by Crippen LogP contribution is -2.57. The van der Waals surface area contributed by atoms with E-state index in [2.05, 4.69) is 0 Å². The molecular weight excluding hydrogens is 256 g/mol. The lowest BCUT2D eigenvalue weighted by molar-refractivity contribution is -0.148. The number of nitrogens with zero attached hydrogens (tertiary/aromatic N) is 1. The first-order valence-electron chi connectivity index (χ1n) is 5.45. The van der Waals surface area contributed by atoms with E-state index in [1.807, 2.05) is 0 Å². The van der Waals surface area contributed by atoms with Crippen LogP contribution in [0.25, 0.3) is 0 Å². The normalized spacial score (nSPS) is 28.0. The number of aliphatic hydroxyl groups excluding tert-OH is 1. The number of fused-ring (bicyclic) bond motifs is 1. The van der Waals surface area contributed by atoms with Gasteiger partial charge in [0.15, 0.2) is 0 Å². The molecule has 0 unspecified atom stereocenters. The molecular formula is C11H13N2O4S. The van der Waals surface area contributed by atoms with E-state index in [4.69, 9.17) is 22.5 Å². The molecule has 7 heteroatoms. The number of amides is 1. The highest BCUT2D eigenvalue weighted by Gasteiger charge is 2.52. The zero-order chi connectivity index (χ0) is 13.4. The molecule has 1 amide bonds. The predicted molar refractivity (Wildman–Crippen MR) is 63.7 cm³/mol. The smallest absolute Gasteiger partial charge is 0.322 e. The van der Waals surface area contributed by atoms with E-state index in [1.165, 1.54) is 23.6 Å². The summed E-state index contributed by atoms with van der Waals surface area (Å²) < 4.78 is 4.92. The second-order valence-corrected chi connectivity index (χ2v) is 5.39. The van der Waals surface area contributed by atoms with Crippen molar-refractivity contribution in [3.05, 3.63) is 17.5 Å². The van der Waals surface area contributed by atoms with Crippen LogP contribution in [-0.2, 0) is 14.3 Å². The van der Waals surface area contributed by atoms with Gasteiger partial charge in [-0.1, -0.05) is 11.8 Å². The molecule has 97 valence electrons. The second kappa shape index (κ2) is 4.91. The molecule has 1 saturated heterocycles. The summed E-state index contributed by atoms with van der Waals surface area (Å²) >= 11 is 1.28. The largest absolute Gasteiger partial charge is 0.459 e. The molecule has 2 aliphatic rings. The molecule has 0 aromatic heterocycles. The van der Waals surface area contributed by atoms with E-state index in [1.54, 1.807) is 0 Å². The monoisotopic (exact) mass is 269 g/mol. The fraction of sp³-hybridized carbons (Fsp3) is 0.545. The van der Waals surface area contributed by atoms with Gasteiger partial charge >= 0.3 is 5.97 Å². The zero-order valence-corrected chi connectivity index (χ0v) is 10.6. The van der Waals surface area contributed by atoms with Crippen LogP contribution in [0.5, 0.6) is 0 Å². The predicted octanol–water partition coefficient (Wildman–Crippen LogP) is -0.800. The van der Waals surface area contributed by atoms with E-state index < -0.39 is 17.9 Å². The number of ether oxygens (including phenoxy) is 1. The van der Waals surface area contributed by atoms with E-state index in [0.717, 1.165) is 0 Å². The Morgan fingerprint density at radius 2 is 2.39 bits per heavy atom. The summed E-state index contributed by atoms with van der Waals surface area (Å²) in [5, 5.41) is 8.79. The third-order valence-corrected chi connectivity index (χ3v) is 4.21. The highest BCUT2D eigenvalue weighted by molar-refractivity contribution is 8.04. The molecule has 0 spiro atoms. The number of allylic oxidation sites excluding steroid dienone is 1. The van der Waals surface area contributed by atoms with Crippen molar-refractivity contribution in [3.63, 3.8) is 0 Å². The van der Waals surface area contributed by atoms with Crippen LogP contribution in [0.4, 0.5) is 0 Å². The first-order chi connectivity index (χ1) is 8.47. The van der Waals surface area contributed by atoms with Crippen LogP contribution < -0.4 is 5.73 Å². The van der Waals surface area contributed by atoms with Gasteiger partial charge in [0, 0.05) is 10.6 Å². The van der Waals surface area contributed by atoms with Gasteiger partial charge in [0.25, 0.3) is 0 Å². The van der Waals surface area contributed by atoms with Gasteiger partial charge in [0.2, 0.25) is 5.91 Å².